The van der Waals surface area contributed by atoms with Crippen molar-refractivity contribution in [1.29, 1.82) is 5.26 Å². The number of ether oxygens (including phenoxy) is 1. The number of pyridine rings is 1. The topological polar surface area (TPSA) is 100 Å². The van der Waals surface area contributed by atoms with Gasteiger partial charge in [-0.05, 0) is 62.6 Å². The molecule has 2 unspecified atom stereocenters. The minimum Gasteiger partial charge on any atom is -0.367 e. The van der Waals surface area contributed by atoms with Crippen LogP contribution in [0.5, 0.6) is 0 Å². The van der Waals surface area contributed by atoms with Crippen molar-refractivity contribution in [3.63, 3.8) is 0 Å². The lowest BCUT2D eigenvalue weighted by Gasteiger charge is -2.34. The average molecular weight is 497 g/mol. The zero-order chi connectivity index (χ0) is 26.0. The second-order valence-corrected chi connectivity index (χ2v) is 9.98. The first kappa shape index (κ1) is 24.1. The van der Waals surface area contributed by atoms with E-state index in [4.69, 9.17) is 10.00 Å². The normalized spacial score (nSPS) is 31.0. The van der Waals surface area contributed by atoms with E-state index in [1.54, 1.807) is 26.2 Å². The Morgan fingerprint density at radius 1 is 1.17 bits per heavy atom. The summed E-state index contributed by atoms with van der Waals surface area (Å²) >= 11 is 0. The van der Waals surface area contributed by atoms with Crippen LogP contribution in [0.15, 0.2) is 42.7 Å². The summed E-state index contributed by atoms with van der Waals surface area (Å²) in [4.78, 5) is 44.9. The summed E-state index contributed by atoms with van der Waals surface area (Å²) in [5.74, 6) is -3.98. The Morgan fingerprint density at radius 2 is 1.83 bits per heavy atom. The molecule has 5 atom stereocenters. The van der Waals surface area contributed by atoms with Gasteiger partial charge in [0.05, 0.1) is 51.8 Å². The third kappa shape index (κ3) is 3.45. The molecule has 3 saturated heterocycles. The number of nitrogens with zero attached hydrogens (tertiary/aromatic N) is 3. The van der Waals surface area contributed by atoms with Crippen LogP contribution in [-0.2, 0) is 31.7 Å². The van der Waals surface area contributed by atoms with Crippen molar-refractivity contribution in [1.82, 2.24) is 4.98 Å². The summed E-state index contributed by atoms with van der Waals surface area (Å²) in [7, 11) is 0. The van der Waals surface area contributed by atoms with Gasteiger partial charge in [0.25, 0.3) is 0 Å². The highest BCUT2D eigenvalue weighted by Gasteiger charge is 2.76. The molecule has 2 aromatic rings. The predicted octanol–water partition coefficient (Wildman–Crippen LogP) is 3.85. The summed E-state index contributed by atoms with van der Waals surface area (Å²) in [5.41, 5.74) is -3.49. The molecule has 10 heteroatoms. The standard InChI is InChI=1S/C26H22F3N3O4/c1-24-12-18(19(33)6-3-14-7-9-31-10-8-14)25(2,36-24)21-20(24)22(34)32(23(21)35)16-5-4-15(13-30)17(11-16)26(27,28)29/h4-5,7-11,18,20-21H,3,6,12H2,1-2H3/t18-,20+,21-,24?,25?/m0/s1. The molecule has 0 saturated carbocycles. The number of imide groups is 1. The maximum Gasteiger partial charge on any atom is 0.417 e. The van der Waals surface area contributed by atoms with E-state index in [1.165, 1.54) is 6.07 Å². The molecule has 186 valence electrons. The number of aryl methyl sites for hydroxylation is 1. The molecule has 1 aromatic carbocycles. The average Bonchev–Trinajstić information content (AvgIpc) is 3.37. The number of Topliss-reactive ketones (excluding diaryl/α,β-unsaturated/α-hetero) is 1. The third-order valence-electron chi connectivity index (χ3n) is 7.82. The van der Waals surface area contributed by atoms with Gasteiger partial charge in [-0.25, -0.2) is 4.90 Å². The summed E-state index contributed by atoms with van der Waals surface area (Å²) in [5, 5.41) is 9.07. The lowest BCUT2D eigenvalue weighted by Crippen LogP contribution is -2.48. The summed E-state index contributed by atoms with van der Waals surface area (Å²) in [6.07, 6.45) is -0.611. The summed E-state index contributed by atoms with van der Waals surface area (Å²) in [6, 6.07) is 7.88. The molecular formula is C26H22F3N3O4. The molecule has 0 radical (unpaired) electrons. The van der Waals surface area contributed by atoms with Crippen LogP contribution in [0.1, 0.15) is 43.4 Å². The second kappa shape index (κ2) is 7.96. The van der Waals surface area contributed by atoms with E-state index >= 15 is 0 Å². The van der Waals surface area contributed by atoms with Gasteiger partial charge in [-0.1, -0.05) is 0 Å². The minimum atomic E-state index is -4.84. The fourth-order valence-corrected chi connectivity index (χ4v) is 6.24. The van der Waals surface area contributed by atoms with Crippen LogP contribution in [0.3, 0.4) is 0 Å². The van der Waals surface area contributed by atoms with Crippen molar-refractivity contribution in [2.45, 2.75) is 50.5 Å². The van der Waals surface area contributed by atoms with Gasteiger partial charge in [0.1, 0.15) is 5.78 Å². The zero-order valence-electron chi connectivity index (χ0n) is 19.5. The molecule has 3 aliphatic heterocycles. The van der Waals surface area contributed by atoms with E-state index in [2.05, 4.69) is 4.98 Å². The Hall–Kier alpha value is -3.58. The molecule has 5 rings (SSSR count). The maximum absolute atomic E-state index is 13.6. The lowest BCUT2D eigenvalue weighted by atomic mass is 9.62. The van der Waals surface area contributed by atoms with Gasteiger partial charge < -0.3 is 4.74 Å². The largest absolute Gasteiger partial charge is 0.417 e. The number of benzene rings is 1. The molecule has 36 heavy (non-hydrogen) atoms. The molecule has 3 fully saturated rings. The first-order valence-electron chi connectivity index (χ1n) is 11.5. The first-order chi connectivity index (χ1) is 16.9. The number of alkyl halides is 3. The van der Waals surface area contributed by atoms with Gasteiger partial charge in [-0.15, -0.1) is 0 Å². The number of hydrogen-bond donors (Lipinski definition) is 0. The Morgan fingerprint density at radius 3 is 2.47 bits per heavy atom. The molecule has 0 spiro atoms. The quantitative estimate of drug-likeness (QED) is 0.582. The number of carbonyl (C=O) groups is 3. The first-order valence-corrected chi connectivity index (χ1v) is 11.5. The number of anilines is 1. The van der Waals surface area contributed by atoms with Gasteiger partial charge in [0, 0.05) is 18.8 Å². The number of hydrogen-bond acceptors (Lipinski definition) is 6. The molecule has 7 nitrogen and oxygen atoms in total. The molecule has 0 aliphatic carbocycles. The highest BCUT2D eigenvalue weighted by atomic mass is 19.4. The number of rotatable bonds is 5. The van der Waals surface area contributed by atoms with Crippen molar-refractivity contribution in [2.75, 3.05) is 4.90 Å². The molecule has 4 heterocycles. The van der Waals surface area contributed by atoms with Gasteiger partial charge in [0.2, 0.25) is 11.8 Å². The van der Waals surface area contributed by atoms with Crippen LogP contribution in [0, 0.1) is 29.1 Å². The lowest BCUT2D eigenvalue weighted by molar-refractivity contribution is -0.138. The third-order valence-corrected chi connectivity index (χ3v) is 7.82. The number of fused-ring (bicyclic) bond motifs is 5. The Kier molecular flexibility index (Phi) is 5.34. The van der Waals surface area contributed by atoms with Crippen LogP contribution in [-0.4, -0.2) is 33.8 Å². The van der Waals surface area contributed by atoms with Crippen molar-refractivity contribution in [2.24, 2.45) is 17.8 Å². The monoisotopic (exact) mass is 497 g/mol. The van der Waals surface area contributed by atoms with Crippen molar-refractivity contribution >= 4 is 23.3 Å². The Labute approximate surface area is 204 Å². The smallest absolute Gasteiger partial charge is 0.367 e. The van der Waals surface area contributed by atoms with Crippen LogP contribution >= 0.6 is 0 Å². The molecule has 3 aliphatic rings. The highest BCUT2D eigenvalue weighted by Crippen LogP contribution is 2.63. The van der Waals surface area contributed by atoms with E-state index in [1.807, 2.05) is 12.1 Å². The zero-order valence-corrected chi connectivity index (χ0v) is 19.5. The number of carbonyl (C=O) groups excluding carboxylic acids is 3. The number of halogens is 3. The SMILES string of the molecule is CC12C[C@@H](C(=O)CCc3ccncc3)C(C)(O1)[C@@H]1C(=O)N(c3ccc(C#N)c(C(F)(F)F)c3)C(=O)[C@@H]12. The fraction of sp³-hybridized carbons (Fsp3) is 0.423. The molecule has 0 N–H and O–H groups in total. The Bertz CT molecular complexity index is 1320. The van der Waals surface area contributed by atoms with E-state index in [0.29, 0.717) is 12.5 Å². The summed E-state index contributed by atoms with van der Waals surface area (Å²) < 4.78 is 46.8. The van der Waals surface area contributed by atoms with Crippen molar-refractivity contribution in [3.8, 4) is 6.07 Å². The maximum atomic E-state index is 13.6. The Balaban J connectivity index is 1.45. The van der Waals surface area contributed by atoms with Gasteiger partial charge in [-0.2, -0.15) is 18.4 Å². The highest BCUT2D eigenvalue weighted by molar-refractivity contribution is 6.23. The molecular weight excluding hydrogens is 475 g/mol. The van der Waals surface area contributed by atoms with Gasteiger partial charge in [-0.3, -0.25) is 19.4 Å². The fourth-order valence-electron chi connectivity index (χ4n) is 6.24. The molecule has 1 aromatic heterocycles. The van der Waals surface area contributed by atoms with E-state index in [-0.39, 0.29) is 24.3 Å². The van der Waals surface area contributed by atoms with Crippen LogP contribution < -0.4 is 4.90 Å². The van der Waals surface area contributed by atoms with Crippen molar-refractivity contribution < 1.29 is 32.3 Å². The second-order valence-electron chi connectivity index (χ2n) is 9.98. The number of ketones is 1. The predicted molar refractivity (Wildman–Crippen MR) is 119 cm³/mol. The summed E-state index contributed by atoms with van der Waals surface area (Å²) in [6.45, 7) is 3.33. The number of aromatic nitrogens is 1. The van der Waals surface area contributed by atoms with E-state index < -0.39 is 58.1 Å². The van der Waals surface area contributed by atoms with E-state index in [0.717, 1.165) is 22.6 Å². The van der Waals surface area contributed by atoms with Gasteiger partial charge in [0.15, 0.2) is 0 Å². The van der Waals surface area contributed by atoms with Gasteiger partial charge >= 0.3 is 6.18 Å². The number of nitriles is 1. The number of amides is 2. The molecule has 2 bridgehead atoms. The van der Waals surface area contributed by atoms with E-state index in [9.17, 15) is 27.6 Å². The minimum absolute atomic E-state index is 0.0899. The van der Waals surface area contributed by atoms with Crippen molar-refractivity contribution in [3.05, 3.63) is 59.4 Å². The van der Waals surface area contributed by atoms with Crippen LogP contribution in [0.2, 0.25) is 0 Å². The van der Waals surface area contributed by atoms with Crippen LogP contribution in [0.4, 0.5) is 18.9 Å². The molecule has 2 amide bonds. The van der Waals surface area contributed by atoms with Crippen LogP contribution in [0.25, 0.3) is 0 Å².